The van der Waals surface area contributed by atoms with Gasteiger partial charge in [0.15, 0.2) is 18.2 Å². The lowest BCUT2D eigenvalue weighted by atomic mass is 10.1. The van der Waals surface area contributed by atoms with Crippen molar-refractivity contribution in [1.29, 1.82) is 0 Å². The van der Waals surface area contributed by atoms with Crippen molar-refractivity contribution in [3.63, 3.8) is 0 Å². The molecule has 25 heavy (non-hydrogen) atoms. The molecule has 2 aromatic rings. The number of carbonyl (C=O) groups excluding carboxylic acids is 2. The fourth-order valence-electron chi connectivity index (χ4n) is 2.50. The number of aliphatic carboxylic acids is 1. The van der Waals surface area contributed by atoms with Crippen molar-refractivity contribution < 1.29 is 24.2 Å². The van der Waals surface area contributed by atoms with Gasteiger partial charge in [0.1, 0.15) is 5.75 Å². The van der Waals surface area contributed by atoms with Gasteiger partial charge in [-0.15, -0.1) is 0 Å². The van der Waals surface area contributed by atoms with E-state index in [2.05, 4.69) is 31.9 Å². The molecule has 0 saturated carbocycles. The summed E-state index contributed by atoms with van der Waals surface area (Å²) in [5, 5.41) is 8.70. The number of ketones is 2. The standard InChI is InChI=1S/C18H10Br2O5/c19-13-6-9(7-14(20)18(13)25-8-15(21)22)5-12-16(23)10-3-1-2-4-11(10)17(12)24/h1-7H,8H2,(H,21,22). The zero-order valence-electron chi connectivity index (χ0n) is 12.6. The number of carboxylic acid groups (broad SMARTS) is 1. The predicted molar refractivity (Wildman–Crippen MR) is 98.1 cm³/mol. The van der Waals surface area contributed by atoms with Gasteiger partial charge in [-0.25, -0.2) is 4.79 Å². The minimum absolute atomic E-state index is 0.0965. The highest BCUT2D eigenvalue weighted by Gasteiger charge is 2.32. The van der Waals surface area contributed by atoms with Crippen LogP contribution in [-0.2, 0) is 4.79 Å². The summed E-state index contributed by atoms with van der Waals surface area (Å²) < 4.78 is 6.21. The lowest BCUT2D eigenvalue weighted by molar-refractivity contribution is -0.139. The molecule has 1 aliphatic rings. The first-order valence-electron chi connectivity index (χ1n) is 7.12. The average Bonchev–Trinajstić information content (AvgIpc) is 2.79. The fourth-order valence-corrected chi connectivity index (χ4v) is 3.96. The van der Waals surface area contributed by atoms with Crippen LogP contribution in [0.1, 0.15) is 26.3 Å². The Bertz CT molecular complexity index is 886. The SMILES string of the molecule is O=C(O)COc1c(Br)cc(C=C2C(=O)c3ccccc3C2=O)cc1Br. The molecule has 3 rings (SSSR count). The number of benzene rings is 2. The van der Waals surface area contributed by atoms with Crippen molar-refractivity contribution in [3.05, 3.63) is 67.6 Å². The first-order chi connectivity index (χ1) is 11.9. The zero-order chi connectivity index (χ0) is 18.1. The summed E-state index contributed by atoms with van der Waals surface area (Å²) in [7, 11) is 0. The summed E-state index contributed by atoms with van der Waals surface area (Å²) in [6, 6.07) is 10.00. The second-order valence-electron chi connectivity index (χ2n) is 5.26. The predicted octanol–water partition coefficient (Wildman–Crippen LogP) is 4.14. The molecule has 0 fully saturated rings. The summed E-state index contributed by atoms with van der Waals surface area (Å²) in [6.07, 6.45) is 1.52. The number of hydrogen-bond donors (Lipinski definition) is 1. The van der Waals surface area contributed by atoms with Crippen LogP contribution in [0.25, 0.3) is 6.08 Å². The zero-order valence-corrected chi connectivity index (χ0v) is 15.8. The van der Waals surface area contributed by atoms with Gasteiger partial charge in [-0.2, -0.15) is 0 Å². The highest BCUT2D eigenvalue weighted by atomic mass is 79.9. The summed E-state index contributed by atoms with van der Waals surface area (Å²) in [6.45, 7) is -0.482. The third kappa shape index (κ3) is 3.43. The van der Waals surface area contributed by atoms with Gasteiger partial charge in [-0.3, -0.25) is 9.59 Å². The van der Waals surface area contributed by atoms with Gasteiger partial charge in [0.2, 0.25) is 0 Å². The van der Waals surface area contributed by atoms with Crippen LogP contribution in [0.2, 0.25) is 0 Å². The largest absolute Gasteiger partial charge is 0.480 e. The van der Waals surface area contributed by atoms with Crippen LogP contribution in [0.15, 0.2) is 50.9 Å². The van der Waals surface area contributed by atoms with Crippen LogP contribution in [0.5, 0.6) is 5.75 Å². The number of allylic oxidation sites excluding steroid dienone is 1. The van der Waals surface area contributed by atoms with E-state index in [4.69, 9.17) is 9.84 Å². The molecule has 126 valence electrons. The quantitative estimate of drug-likeness (QED) is 0.542. The van der Waals surface area contributed by atoms with Crippen LogP contribution in [0.3, 0.4) is 0 Å². The fraction of sp³-hybridized carbons (Fsp3) is 0.0556. The van der Waals surface area contributed by atoms with E-state index in [1.165, 1.54) is 6.08 Å². The van der Waals surface area contributed by atoms with Gasteiger partial charge >= 0.3 is 5.97 Å². The molecule has 1 aliphatic carbocycles. The Hall–Kier alpha value is -2.25. The molecule has 0 bridgehead atoms. The molecule has 2 aromatic carbocycles. The molecule has 0 spiro atoms. The number of rotatable bonds is 4. The van der Waals surface area contributed by atoms with E-state index in [0.29, 0.717) is 31.4 Å². The van der Waals surface area contributed by atoms with E-state index in [1.807, 2.05) is 0 Å². The topological polar surface area (TPSA) is 80.7 Å². The van der Waals surface area contributed by atoms with Gasteiger partial charge < -0.3 is 9.84 Å². The smallest absolute Gasteiger partial charge is 0.341 e. The van der Waals surface area contributed by atoms with Gasteiger partial charge in [0.25, 0.3) is 0 Å². The van der Waals surface area contributed by atoms with E-state index >= 15 is 0 Å². The molecule has 0 aliphatic heterocycles. The van der Waals surface area contributed by atoms with E-state index in [9.17, 15) is 14.4 Å². The highest BCUT2D eigenvalue weighted by molar-refractivity contribution is 9.11. The van der Waals surface area contributed by atoms with E-state index in [0.717, 1.165) is 0 Å². The van der Waals surface area contributed by atoms with Crippen LogP contribution in [-0.4, -0.2) is 29.2 Å². The minimum atomic E-state index is -1.09. The maximum absolute atomic E-state index is 12.4. The Labute approximate surface area is 159 Å². The van der Waals surface area contributed by atoms with E-state index in [-0.39, 0.29) is 17.1 Å². The molecule has 5 nitrogen and oxygen atoms in total. The summed E-state index contributed by atoms with van der Waals surface area (Å²) in [4.78, 5) is 35.5. The minimum Gasteiger partial charge on any atom is -0.480 e. The Kier molecular flexibility index (Phi) is 4.87. The molecule has 0 unspecified atom stereocenters. The Morgan fingerprint density at radius 1 is 1.04 bits per heavy atom. The van der Waals surface area contributed by atoms with Crippen molar-refractivity contribution in [2.75, 3.05) is 6.61 Å². The third-order valence-corrected chi connectivity index (χ3v) is 4.76. The van der Waals surface area contributed by atoms with Gasteiger partial charge in [0.05, 0.1) is 14.5 Å². The maximum Gasteiger partial charge on any atom is 0.341 e. The molecule has 0 saturated heterocycles. The Morgan fingerprint density at radius 3 is 2.04 bits per heavy atom. The van der Waals surface area contributed by atoms with E-state index in [1.54, 1.807) is 36.4 Å². The normalized spacial score (nSPS) is 13.0. The van der Waals surface area contributed by atoms with Crippen molar-refractivity contribution in [1.82, 2.24) is 0 Å². The summed E-state index contributed by atoms with van der Waals surface area (Å²) in [5.41, 5.74) is 1.50. The van der Waals surface area contributed by atoms with Crippen LogP contribution < -0.4 is 4.74 Å². The van der Waals surface area contributed by atoms with Crippen LogP contribution in [0.4, 0.5) is 0 Å². The molecule has 0 amide bonds. The number of Topliss-reactive ketones (excluding diaryl/α,β-unsaturated/α-hetero) is 2. The lowest BCUT2D eigenvalue weighted by Gasteiger charge is -2.09. The molecular formula is C18H10Br2O5. The summed E-state index contributed by atoms with van der Waals surface area (Å²) >= 11 is 6.62. The molecule has 0 aromatic heterocycles. The maximum atomic E-state index is 12.4. The number of fused-ring (bicyclic) bond motifs is 1. The Morgan fingerprint density at radius 2 is 1.56 bits per heavy atom. The number of ether oxygens (including phenoxy) is 1. The molecule has 0 heterocycles. The monoisotopic (exact) mass is 464 g/mol. The molecular weight excluding hydrogens is 456 g/mol. The number of carboxylic acids is 1. The summed E-state index contributed by atoms with van der Waals surface area (Å²) in [5.74, 6) is -1.38. The van der Waals surface area contributed by atoms with Gasteiger partial charge in [-0.1, -0.05) is 24.3 Å². The molecule has 7 heteroatoms. The van der Waals surface area contributed by atoms with Crippen molar-refractivity contribution in [2.45, 2.75) is 0 Å². The lowest BCUT2D eigenvalue weighted by Crippen LogP contribution is -2.10. The Balaban J connectivity index is 1.96. The van der Waals surface area contributed by atoms with Gasteiger partial charge in [-0.05, 0) is 55.6 Å². The first kappa shape index (κ1) is 17.6. The van der Waals surface area contributed by atoms with Crippen molar-refractivity contribution in [2.24, 2.45) is 0 Å². The molecule has 0 radical (unpaired) electrons. The van der Waals surface area contributed by atoms with Crippen LogP contribution >= 0.6 is 31.9 Å². The molecule has 1 N–H and O–H groups in total. The van der Waals surface area contributed by atoms with Crippen LogP contribution in [0, 0.1) is 0 Å². The number of carbonyl (C=O) groups is 3. The van der Waals surface area contributed by atoms with Crippen molar-refractivity contribution >= 4 is 55.5 Å². The van der Waals surface area contributed by atoms with E-state index < -0.39 is 12.6 Å². The number of halogens is 2. The van der Waals surface area contributed by atoms with Crippen molar-refractivity contribution in [3.8, 4) is 5.75 Å². The third-order valence-electron chi connectivity index (χ3n) is 3.58. The molecule has 0 atom stereocenters. The first-order valence-corrected chi connectivity index (χ1v) is 8.71. The second-order valence-corrected chi connectivity index (χ2v) is 6.97. The number of hydrogen-bond acceptors (Lipinski definition) is 4. The average molecular weight is 466 g/mol. The van der Waals surface area contributed by atoms with Gasteiger partial charge in [0, 0.05) is 11.1 Å². The second kappa shape index (κ2) is 6.93. The highest BCUT2D eigenvalue weighted by Crippen LogP contribution is 2.36.